The molecule has 0 spiro atoms. The van der Waals surface area contributed by atoms with E-state index < -0.39 is 0 Å². The summed E-state index contributed by atoms with van der Waals surface area (Å²) in [6, 6.07) is 8.43. The maximum Gasteiger partial charge on any atom is 0.219 e. The molecule has 0 bridgehead atoms. The molecular weight excluding hydrogens is 368 g/mol. The number of halogens is 1. The summed E-state index contributed by atoms with van der Waals surface area (Å²) in [6.07, 6.45) is 2.05. The lowest BCUT2D eigenvalue weighted by Crippen LogP contribution is -2.53. The van der Waals surface area contributed by atoms with Crippen molar-refractivity contribution in [1.82, 2.24) is 15.1 Å². The van der Waals surface area contributed by atoms with Gasteiger partial charge in [0, 0.05) is 50.7 Å². The van der Waals surface area contributed by atoms with E-state index in [4.69, 9.17) is 4.99 Å². The molecule has 0 radical (unpaired) electrons. The van der Waals surface area contributed by atoms with Crippen LogP contribution >= 0.6 is 15.9 Å². The summed E-state index contributed by atoms with van der Waals surface area (Å²) in [6.45, 7) is 8.63. The summed E-state index contributed by atoms with van der Waals surface area (Å²) < 4.78 is 1.13. The van der Waals surface area contributed by atoms with Gasteiger partial charge in [-0.15, -0.1) is 0 Å². The van der Waals surface area contributed by atoms with Gasteiger partial charge in [0.1, 0.15) is 0 Å². The van der Waals surface area contributed by atoms with E-state index in [9.17, 15) is 4.79 Å². The number of rotatable bonds is 5. The van der Waals surface area contributed by atoms with Crippen LogP contribution in [0.1, 0.15) is 25.8 Å². The second kappa shape index (κ2) is 9.67. The summed E-state index contributed by atoms with van der Waals surface area (Å²) >= 11 is 3.51. The van der Waals surface area contributed by atoms with E-state index in [1.54, 1.807) is 6.92 Å². The van der Waals surface area contributed by atoms with Crippen LogP contribution in [-0.4, -0.2) is 60.9 Å². The minimum absolute atomic E-state index is 0.158. The average molecular weight is 395 g/mol. The first-order valence-electron chi connectivity index (χ1n) is 8.63. The van der Waals surface area contributed by atoms with Crippen LogP contribution in [-0.2, 0) is 11.2 Å². The number of hydrogen-bond acceptors (Lipinski definition) is 2. The van der Waals surface area contributed by atoms with Crippen LogP contribution in [0.5, 0.6) is 0 Å². The van der Waals surface area contributed by atoms with Gasteiger partial charge in [0.05, 0.1) is 0 Å². The Kier molecular flexibility index (Phi) is 7.56. The number of nitrogens with one attached hydrogen (secondary N) is 1. The minimum Gasteiger partial charge on any atom is -0.357 e. The molecule has 1 amide bonds. The number of nitrogens with zero attached hydrogens (tertiary/aromatic N) is 3. The molecule has 1 aromatic carbocycles. The van der Waals surface area contributed by atoms with E-state index in [1.165, 1.54) is 5.56 Å². The third kappa shape index (κ3) is 5.82. The topological polar surface area (TPSA) is 47.9 Å². The predicted octanol–water partition coefficient (Wildman–Crippen LogP) is 2.51. The highest BCUT2D eigenvalue weighted by molar-refractivity contribution is 9.10. The number of aryl methyl sites for hydroxylation is 1. The van der Waals surface area contributed by atoms with Crippen molar-refractivity contribution >= 4 is 27.8 Å². The Balaban J connectivity index is 1.83. The van der Waals surface area contributed by atoms with Crippen molar-refractivity contribution in [3.63, 3.8) is 0 Å². The van der Waals surface area contributed by atoms with Gasteiger partial charge >= 0.3 is 0 Å². The molecule has 1 heterocycles. The number of carbonyl (C=O) groups is 1. The third-order valence-electron chi connectivity index (χ3n) is 4.13. The van der Waals surface area contributed by atoms with Crippen LogP contribution in [0.15, 0.2) is 33.7 Å². The van der Waals surface area contributed by atoms with Crippen LogP contribution in [0.25, 0.3) is 0 Å². The highest BCUT2D eigenvalue weighted by Crippen LogP contribution is 2.13. The Morgan fingerprint density at radius 2 is 1.96 bits per heavy atom. The molecule has 1 aliphatic rings. The lowest BCUT2D eigenvalue weighted by Gasteiger charge is -2.36. The quantitative estimate of drug-likeness (QED) is 0.474. The minimum atomic E-state index is 0.158. The molecule has 1 N–H and O–H groups in total. The van der Waals surface area contributed by atoms with Gasteiger partial charge in [-0.25, -0.2) is 0 Å². The lowest BCUT2D eigenvalue weighted by atomic mass is 10.1. The van der Waals surface area contributed by atoms with E-state index in [2.05, 4.69) is 51.3 Å². The Hall–Kier alpha value is -1.56. The molecule has 24 heavy (non-hydrogen) atoms. The van der Waals surface area contributed by atoms with Crippen LogP contribution in [0.2, 0.25) is 0 Å². The molecule has 2 rings (SSSR count). The van der Waals surface area contributed by atoms with Gasteiger partial charge in [-0.1, -0.05) is 28.1 Å². The maximum atomic E-state index is 11.4. The van der Waals surface area contributed by atoms with Crippen molar-refractivity contribution < 1.29 is 4.79 Å². The monoisotopic (exact) mass is 394 g/mol. The van der Waals surface area contributed by atoms with Crippen molar-refractivity contribution in [2.75, 3.05) is 39.3 Å². The molecule has 1 aromatic rings. The van der Waals surface area contributed by atoms with E-state index in [0.29, 0.717) is 0 Å². The van der Waals surface area contributed by atoms with Crippen molar-refractivity contribution in [3.8, 4) is 0 Å². The lowest BCUT2D eigenvalue weighted by molar-refractivity contribution is -0.130. The van der Waals surface area contributed by atoms with E-state index in [0.717, 1.165) is 62.5 Å². The Bertz CT molecular complexity index is 568. The van der Waals surface area contributed by atoms with Gasteiger partial charge in [-0.05, 0) is 37.5 Å². The molecule has 1 saturated heterocycles. The fourth-order valence-electron chi connectivity index (χ4n) is 2.82. The Labute approximate surface area is 153 Å². The first-order valence-corrected chi connectivity index (χ1v) is 9.42. The number of carbonyl (C=O) groups excluding carboxylic acids is 1. The molecular formula is C18H27BrN4O. The van der Waals surface area contributed by atoms with Crippen molar-refractivity contribution in [3.05, 3.63) is 34.3 Å². The molecule has 0 aromatic heterocycles. The van der Waals surface area contributed by atoms with E-state index in [1.807, 2.05) is 11.0 Å². The van der Waals surface area contributed by atoms with Crippen LogP contribution in [0.4, 0.5) is 0 Å². The number of aliphatic imine (C=N–C) groups is 1. The number of piperazine rings is 1. The molecule has 0 atom stereocenters. The second-order valence-corrected chi connectivity index (χ2v) is 6.88. The largest absolute Gasteiger partial charge is 0.357 e. The normalized spacial score (nSPS) is 15.5. The smallest absolute Gasteiger partial charge is 0.219 e. The van der Waals surface area contributed by atoms with Gasteiger partial charge < -0.3 is 15.1 Å². The summed E-state index contributed by atoms with van der Waals surface area (Å²) in [5, 5.41) is 3.37. The number of guanidine groups is 1. The zero-order valence-corrected chi connectivity index (χ0v) is 16.2. The second-order valence-electron chi connectivity index (χ2n) is 5.96. The van der Waals surface area contributed by atoms with Crippen LogP contribution in [0.3, 0.4) is 0 Å². The first-order chi connectivity index (χ1) is 11.6. The van der Waals surface area contributed by atoms with Crippen LogP contribution in [0, 0.1) is 0 Å². The third-order valence-corrected chi connectivity index (χ3v) is 4.63. The van der Waals surface area contributed by atoms with Gasteiger partial charge in [0.2, 0.25) is 5.91 Å². The van der Waals surface area contributed by atoms with Gasteiger partial charge in [-0.2, -0.15) is 0 Å². The molecule has 6 heteroatoms. The van der Waals surface area contributed by atoms with E-state index >= 15 is 0 Å². The van der Waals surface area contributed by atoms with Gasteiger partial charge in [-0.3, -0.25) is 9.79 Å². The number of benzene rings is 1. The maximum absolute atomic E-state index is 11.4. The molecule has 1 aliphatic heterocycles. The predicted molar refractivity (Wildman–Crippen MR) is 102 cm³/mol. The molecule has 0 aliphatic carbocycles. The standard InChI is InChI=1S/C18H27BrN4O/c1-3-20-18(23-12-10-22(11-13-23)15(2)24)21-9-5-7-16-6-4-8-17(19)14-16/h4,6,8,14H,3,5,7,9-13H2,1-2H3,(H,20,21). The molecule has 0 unspecified atom stereocenters. The van der Waals surface area contributed by atoms with Crippen molar-refractivity contribution in [2.45, 2.75) is 26.7 Å². The number of hydrogen-bond donors (Lipinski definition) is 1. The molecule has 5 nitrogen and oxygen atoms in total. The average Bonchev–Trinajstić information content (AvgIpc) is 2.58. The molecule has 0 saturated carbocycles. The van der Waals surface area contributed by atoms with Crippen molar-refractivity contribution in [1.29, 1.82) is 0 Å². The SMILES string of the molecule is CCNC(=NCCCc1cccc(Br)c1)N1CCN(C(C)=O)CC1. The van der Waals surface area contributed by atoms with Crippen molar-refractivity contribution in [2.24, 2.45) is 4.99 Å². The zero-order chi connectivity index (χ0) is 17.4. The number of amides is 1. The summed E-state index contributed by atoms with van der Waals surface area (Å²) in [5.41, 5.74) is 1.33. The molecule has 1 fully saturated rings. The molecule has 132 valence electrons. The van der Waals surface area contributed by atoms with Crippen LogP contribution < -0.4 is 5.32 Å². The Morgan fingerprint density at radius 3 is 2.58 bits per heavy atom. The van der Waals surface area contributed by atoms with Gasteiger partial charge in [0.15, 0.2) is 5.96 Å². The zero-order valence-electron chi connectivity index (χ0n) is 14.6. The first kappa shape index (κ1) is 18.8. The highest BCUT2D eigenvalue weighted by atomic mass is 79.9. The Morgan fingerprint density at radius 1 is 1.25 bits per heavy atom. The summed E-state index contributed by atoms with van der Waals surface area (Å²) in [7, 11) is 0. The summed E-state index contributed by atoms with van der Waals surface area (Å²) in [5.74, 6) is 1.13. The fraction of sp³-hybridized carbons (Fsp3) is 0.556. The summed E-state index contributed by atoms with van der Waals surface area (Å²) in [4.78, 5) is 20.3. The van der Waals surface area contributed by atoms with Gasteiger partial charge in [0.25, 0.3) is 0 Å². The highest BCUT2D eigenvalue weighted by Gasteiger charge is 2.20. The van der Waals surface area contributed by atoms with E-state index in [-0.39, 0.29) is 5.91 Å². The fourth-order valence-corrected chi connectivity index (χ4v) is 3.27.